The lowest BCUT2D eigenvalue weighted by Crippen LogP contribution is -2.24. The van der Waals surface area contributed by atoms with E-state index in [0.717, 1.165) is 43.3 Å². The molecule has 2 fully saturated rings. The maximum atomic E-state index is 5.78. The lowest BCUT2D eigenvalue weighted by molar-refractivity contribution is 0.192. The van der Waals surface area contributed by atoms with Crippen LogP contribution in [0.2, 0.25) is 0 Å². The average molecular weight is 342 g/mol. The highest BCUT2D eigenvalue weighted by atomic mass is 16.5. The van der Waals surface area contributed by atoms with Crippen LogP contribution in [-0.2, 0) is 10.2 Å². The van der Waals surface area contributed by atoms with Crippen LogP contribution >= 0.6 is 0 Å². The van der Waals surface area contributed by atoms with Gasteiger partial charge >= 0.3 is 0 Å². The van der Waals surface area contributed by atoms with Crippen molar-refractivity contribution < 1.29 is 14.0 Å². The topological polar surface area (TPSA) is 57.4 Å². The third-order valence-electron chi connectivity index (χ3n) is 5.38. The Morgan fingerprint density at radius 1 is 1.16 bits per heavy atom. The molecule has 0 unspecified atom stereocenters. The van der Waals surface area contributed by atoms with Crippen LogP contribution in [0.4, 0.5) is 0 Å². The molecule has 2 heterocycles. The van der Waals surface area contributed by atoms with Crippen molar-refractivity contribution in [2.24, 2.45) is 0 Å². The van der Waals surface area contributed by atoms with E-state index in [4.69, 9.17) is 19.0 Å². The Morgan fingerprint density at radius 3 is 2.56 bits per heavy atom. The van der Waals surface area contributed by atoms with E-state index < -0.39 is 0 Å². The molecule has 1 aromatic heterocycles. The number of hydrogen-bond acceptors (Lipinski definition) is 5. The third-order valence-corrected chi connectivity index (χ3v) is 5.38. The van der Waals surface area contributed by atoms with E-state index in [0.29, 0.717) is 6.61 Å². The minimum absolute atomic E-state index is 0.152. The highest BCUT2D eigenvalue weighted by Crippen LogP contribution is 2.46. The standard InChI is InChI=1S/C20H26N2O3/c1-14(2)24-17-7-5-16(6-8-17)20(10-3-4-11-20)19-21-18(22-25-19)15-9-12-23-13-15/h5-8,14-15H,3-4,9-13H2,1-2H3/t15-/m0/s1. The summed E-state index contributed by atoms with van der Waals surface area (Å²) in [6.45, 7) is 5.57. The van der Waals surface area contributed by atoms with Gasteiger partial charge < -0.3 is 14.0 Å². The van der Waals surface area contributed by atoms with Crippen LogP contribution in [0.25, 0.3) is 0 Å². The Balaban J connectivity index is 1.63. The minimum Gasteiger partial charge on any atom is -0.491 e. The molecule has 1 saturated carbocycles. The Morgan fingerprint density at radius 2 is 1.92 bits per heavy atom. The van der Waals surface area contributed by atoms with Crippen LogP contribution in [0, 0.1) is 0 Å². The fourth-order valence-corrected chi connectivity index (χ4v) is 4.06. The van der Waals surface area contributed by atoms with Crippen molar-refractivity contribution in [3.05, 3.63) is 41.5 Å². The second-order valence-corrected chi connectivity index (χ2v) is 7.50. The van der Waals surface area contributed by atoms with E-state index in [9.17, 15) is 0 Å². The molecule has 0 N–H and O–H groups in total. The van der Waals surface area contributed by atoms with Crippen molar-refractivity contribution in [3.8, 4) is 5.75 Å². The van der Waals surface area contributed by atoms with Gasteiger partial charge in [0.05, 0.1) is 18.1 Å². The van der Waals surface area contributed by atoms with Crippen LogP contribution in [0.1, 0.15) is 69.1 Å². The van der Waals surface area contributed by atoms with E-state index in [1.165, 1.54) is 18.4 Å². The van der Waals surface area contributed by atoms with E-state index in [1.54, 1.807) is 0 Å². The summed E-state index contributed by atoms with van der Waals surface area (Å²) in [6, 6.07) is 8.42. The molecule has 0 radical (unpaired) electrons. The third kappa shape index (κ3) is 3.17. The smallest absolute Gasteiger partial charge is 0.237 e. The van der Waals surface area contributed by atoms with Crippen molar-refractivity contribution >= 4 is 0 Å². The maximum Gasteiger partial charge on any atom is 0.237 e. The molecule has 0 amide bonds. The second-order valence-electron chi connectivity index (χ2n) is 7.50. The zero-order valence-corrected chi connectivity index (χ0v) is 15.0. The lowest BCUT2D eigenvalue weighted by atomic mass is 9.78. The van der Waals surface area contributed by atoms with Crippen LogP contribution in [0.3, 0.4) is 0 Å². The van der Waals surface area contributed by atoms with Crippen LogP contribution in [0.5, 0.6) is 5.75 Å². The summed E-state index contributed by atoms with van der Waals surface area (Å²) in [6.07, 6.45) is 5.65. The SMILES string of the molecule is CC(C)Oc1ccc(C2(c3nc([C@H]4CCOC4)no3)CCCC2)cc1. The van der Waals surface area contributed by atoms with Crippen molar-refractivity contribution in [3.63, 3.8) is 0 Å². The van der Waals surface area contributed by atoms with Crippen molar-refractivity contribution in [2.45, 2.75) is 63.4 Å². The molecule has 2 aromatic rings. The van der Waals surface area contributed by atoms with E-state index in [2.05, 4.69) is 29.4 Å². The number of rotatable bonds is 5. The molecule has 4 rings (SSSR count). The van der Waals surface area contributed by atoms with Crippen molar-refractivity contribution in [2.75, 3.05) is 13.2 Å². The van der Waals surface area contributed by atoms with Gasteiger partial charge in [-0.05, 0) is 50.8 Å². The first-order valence-corrected chi connectivity index (χ1v) is 9.36. The Bertz CT molecular complexity index is 696. The maximum absolute atomic E-state index is 5.78. The van der Waals surface area contributed by atoms with Crippen LogP contribution in [0.15, 0.2) is 28.8 Å². The zero-order chi connectivity index (χ0) is 17.3. The summed E-state index contributed by atoms with van der Waals surface area (Å²) in [4.78, 5) is 4.80. The molecule has 1 saturated heterocycles. The van der Waals surface area contributed by atoms with Crippen molar-refractivity contribution in [1.82, 2.24) is 10.1 Å². The fourth-order valence-electron chi connectivity index (χ4n) is 4.06. The molecule has 1 atom stereocenters. The van der Waals surface area contributed by atoms with Gasteiger partial charge in [0.25, 0.3) is 0 Å². The molecule has 25 heavy (non-hydrogen) atoms. The molecule has 5 nitrogen and oxygen atoms in total. The number of benzene rings is 1. The van der Waals surface area contributed by atoms with Crippen LogP contribution in [-0.4, -0.2) is 29.5 Å². The van der Waals surface area contributed by atoms with E-state index in [-0.39, 0.29) is 17.4 Å². The lowest BCUT2D eigenvalue weighted by Gasteiger charge is -2.25. The average Bonchev–Trinajstić information content (AvgIpc) is 3.35. The Labute approximate surface area is 148 Å². The predicted octanol–water partition coefficient (Wildman–Crippen LogP) is 4.22. The number of ether oxygens (including phenoxy) is 2. The zero-order valence-electron chi connectivity index (χ0n) is 15.0. The first-order valence-electron chi connectivity index (χ1n) is 9.36. The summed E-state index contributed by atoms with van der Waals surface area (Å²) in [5.41, 5.74) is 1.10. The van der Waals surface area contributed by atoms with E-state index in [1.807, 2.05) is 13.8 Å². The predicted molar refractivity (Wildman–Crippen MR) is 93.9 cm³/mol. The van der Waals surface area contributed by atoms with Gasteiger partial charge in [-0.3, -0.25) is 0 Å². The molecular formula is C20H26N2O3. The highest BCUT2D eigenvalue weighted by molar-refractivity contribution is 5.37. The summed E-state index contributed by atoms with van der Waals surface area (Å²) in [7, 11) is 0. The minimum atomic E-state index is -0.152. The largest absolute Gasteiger partial charge is 0.491 e. The van der Waals surface area contributed by atoms with Crippen molar-refractivity contribution in [1.29, 1.82) is 0 Å². The monoisotopic (exact) mass is 342 g/mol. The summed E-state index contributed by atoms with van der Waals surface area (Å²) >= 11 is 0. The molecule has 1 aliphatic heterocycles. The Kier molecular flexibility index (Phi) is 4.50. The molecule has 1 aromatic carbocycles. The first kappa shape index (κ1) is 16.6. The quantitative estimate of drug-likeness (QED) is 0.814. The molecule has 5 heteroatoms. The van der Waals surface area contributed by atoms with Gasteiger partial charge in [-0.25, -0.2) is 0 Å². The van der Waals surface area contributed by atoms with Gasteiger partial charge in [0.2, 0.25) is 5.89 Å². The van der Waals surface area contributed by atoms with Gasteiger partial charge in [-0.15, -0.1) is 0 Å². The van der Waals surface area contributed by atoms with E-state index >= 15 is 0 Å². The molecular weight excluding hydrogens is 316 g/mol. The number of nitrogens with zero attached hydrogens (tertiary/aromatic N) is 2. The number of hydrogen-bond donors (Lipinski definition) is 0. The molecule has 1 aliphatic carbocycles. The summed E-state index contributed by atoms with van der Waals surface area (Å²) in [5.74, 6) is 2.75. The van der Waals surface area contributed by atoms with Gasteiger partial charge in [-0.1, -0.05) is 30.1 Å². The van der Waals surface area contributed by atoms with Gasteiger partial charge in [0, 0.05) is 12.5 Å². The second kappa shape index (κ2) is 6.79. The number of aromatic nitrogens is 2. The van der Waals surface area contributed by atoms with Gasteiger partial charge in [0.1, 0.15) is 5.75 Å². The normalized spacial score (nSPS) is 22.6. The Hall–Kier alpha value is -1.88. The van der Waals surface area contributed by atoms with Crippen LogP contribution < -0.4 is 4.74 Å². The van der Waals surface area contributed by atoms with Gasteiger partial charge in [-0.2, -0.15) is 4.98 Å². The molecule has 0 spiro atoms. The molecule has 2 aliphatic rings. The summed E-state index contributed by atoms with van der Waals surface area (Å²) in [5, 5.41) is 4.28. The fraction of sp³-hybridized carbons (Fsp3) is 0.600. The molecule has 0 bridgehead atoms. The summed E-state index contributed by atoms with van der Waals surface area (Å²) < 4.78 is 17.0. The molecule has 134 valence electrons. The first-order chi connectivity index (χ1) is 12.2. The van der Waals surface area contributed by atoms with Gasteiger partial charge in [0.15, 0.2) is 5.82 Å². The highest BCUT2D eigenvalue weighted by Gasteiger charge is 2.43.